The van der Waals surface area contributed by atoms with Crippen molar-refractivity contribution in [3.63, 3.8) is 0 Å². The van der Waals surface area contributed by atoms with Gasteiger partial charge >= 0.3 is 0 Å². The molecule has 0 atom stereocenters. The first-order valence-electron chi connectivity index (χ1n) is 4.91. The molecular weight excluding hydrogens is 224 g/mol. The van der Waals surface area contributed by atoms with E-state index in [1.54, 1.807) is 27.8 Å². The van der Waals surface area contributed by atoms with E-state index in [0.29, 0.717) is 11.5 Å². The number of hydrogen-bond acceptors (Lipinski definition) is 4. The molecule has 2 aromatic heterocycles. The first-order chi connectivity index (χ1) is 7.68. The second-order valence-electron chi connectivity index (χ2n) is 3.58. The van der Waals surface area contributed by atoms with Gasteiger partial charge in [-0.05, 0) is 13.8 Å². The van der Waals surface area contributed by atoms with Gasteiger partial charge in [-0.2, -0.15) is 5.10 Å². The van der Waals surface area contributed by atoms with Gasteiger partial charge in [0, 0.05) is 17.5 Å². The number of amides is 1. The monoisotopic (exact) mass is 236 g/mol. The topological polar surface area (TPSA) is 59.8 Å². The van der Waals surface area contributed by atoms with Crippen LogP contribution in [0.25, 0.3) is 0 Å². The normalized spacial score (nSPS) is 10.7. The Bertz CT molecular complexity index is 475. The Morgan fingerprint density at radius 1 is 1.56 bits per heavy atom. The second kappa shape index (κ2) is 4.44. The molecule has 1 amide bonds. The van der Waals surface area contributed by atoms with Gasteiger partial charge in [0.05, 0.1) is 11.7 Å². The average Bonchev–Trinajstić information content (AvgIpc) is 2.86. The third-order valence-corrected chi connectivity index (χ3v) is 2.65. The van der Waals surface area contributed by atoms with Crippen LogP contribution in [0.1, 0.15) is 30.4 Å². The van der Waals surface area contributed by atoms with Crippen LogP contribution in [0.2, 0.25) is 0 Å². The van der Waals surface area contributed by atoms with E-state index in [0.717, 1.165) is 0 Å². The molecule has 84 valence electrons. The minimum Gasteiger partial charge on any atom is -0.305 e. The summed E-state index contributed by atoms with van der Waals surface area (Å²) < 4.78 is 1.75. The summed E-state index contributed by atoms with van der Waals surface area (Å²) in [5, 5.41) is 8.63. The van der Waals surface area contributed by atoms with Crippen LogP contribution in [0, 0.1) is 0 Å². The van der Waals surface area contributed by atoms with Crippen LogP contribution < -0.4 is 5.32 Å². The van der Waals surface area contributed by atoms with Gasteiger partial charge in [0.1, 0.15) is 11.5 Å². The summed E-state index contributed by atoms with van der Waals surface area (Å²) in [7, 11) is 0. The van der Waals surface area contributed by atoms with Gasteiger partial charge in [-0.1, -0.05) is 0 Å². The van der Waals surface area contributed by atoms with Crippen molar-refractivity contribution < 1.29 is 4.79 Å². The SMILES string of the molecule is CC(C)n1nccc1NC(=O)c1cscn1. The van der Waals surface area contributed by atoms with E-state index in [9.17, 15) is 4.79 Å². The molecule has 16 heavy (non-hydrogen) atoms. The molecule has 0 aromatic carbocycles. The Labute approximate surface area is 97.1 Å². The molecule has 6 heteroatoms. The summed E-state index contributed by atoms with van der Waals surface area (Å²) in [6.45, 7) is 4.01. The maximum absolute atomic E-state index is 11.7. The molecule has 2 aromatic rings. The highest BCUT2D eigenvalue weighted by Crippen LogP contribution is 2.14. The van der Waals surface area contributed by atoms with Crippen LogP contribution >= 0.6 is 11.3 Å². The minimum atomic E-state index is -0.205. The molecule has 5 nitrogen and oxygen atoms in total. The van der Waals surface area contributed by atoms with Crippen molar-refractivity contribution in [2.24, 2.45) is 0 Å². The summed E-state index contributed by atoms with van der Waals surface area (Å²) >= 11 is 1.40. The zero-order valence-corrected chi connectivity index (χ0v) is 9.86. The molecule has 1 N–H and O–H groups in total. The molecule has 0 saturated heterocycles. The number of carbonyl (C=O) groups is 1. The first kappa shape index (κ1) is 10.8. The predicted octanol–water partition coefficient (Wildman–Crippen LogP) is 2.17. The highest BCUT2D eigenvalue weighted by atomic mass is 32.1. The molecule has 0 bridgehead atoms. The van der Waals surface area contributed by atoms with Gasteiger partial charge in [-0.3, -0.25) is 4.79 Å². The zero-order chi connectivity index (χ0) is 11.5. The summed E-state index contributed by atoms with van der Waals surface area (Å²) in [4.78, 5) is 15.7. The van der Waals surface area contributed by atoms with E-state index in [-0.39, 0.29) is 11.9 Å². The number of hydrogen-bond donors (Lipinski definition) is 1. The van der Waals surface area contributed by atoms with Gasteiger partial charge in [0.25, 0.3) is 5.91 Å². The van der Waals surface area contributed by atoms with Crippen molar-refractivity contribution in [1.29, 1.82) is 0 Å². The molecule has 2 heterocycles. The van der Waals surface area contributed by atoms with E-state index in [4.69, 9.17) is 0 Å². The van der Waals surface area contributed by atoms with Crippen molar-refractivity contribution in [1.82, 2.24) is 14.8 Å². The molecule has 0 aliphatic carbocycles. The quantitative estimate of drug-likeness (QED) is 0.888. The minimum absolute atomic E-state index is 0.205. The number of carbonyl (C=O) groups excluding carboxylic acids is 1. The molecule has 0 unspecified atom stereocenters. The summed E-state index contributed by atoms with van der Waals surface area (Å²) in [6.07, 6.45) is 1.66. The lowest BCUT2D eigenvalue weighted by Gasteiger charge is -2.10. The maximum Gasteiger partial charge on any atom is 0.276 e. The number of rotatable bonds is 3. The fourth-order valence-corrected chi connectivity index (χ4v) is 1.86. The van der Waals surface area contributed by atoms with Crippen LogP contribution in [0.3, 0.4) is 0 Å². The second-order valence-corrected chi connectivity index (χ2v) is 4.30. The van der Waals surface area contributed by atoms with Crippen molar-refractivity contribution in [2.75, 3.05) is 5.32 Å². The Hall–Kier alpha value is -1.69. The van der Waals surface area contributed by atoms with Gasteiger partial charge in [-0.15, -0.1) is 11.3 Å². The van der Waals surface area contributed by atoms with E-state index in [1.807, 2.05) is 13.8 Å². The lowest BCUT2D eigenvalue weighted by atomic mass is 10.4. The smallest absolute Gasteiger partial charge is 0.276 e. The van der Waals surface area contributed by atoms with Gasteiger partial charge in [0.15, 0.2) is 0 Å². The Morgan fingerprint density at radius 3 is 3.00 bits per heavy atom. The average molecular weight is 236 g/mol. The van der Waals surface area contributed by atoms with Crippen molar-refractivity contribution >= 4 is 23.1 Å². The van der Waals surface area contributed by atoms with Crippen LogP contribution in [-0.4, -0.2) is 20.7 Å². The number of thiazole rings is 1. The molecule has 0 aliphatic heterocycles. The Morgan fingerprint density at radius 2 is 2.38 bits per heavy atom. The van der Waals surface area contributed by atoms with E-state index in [2.05, 4.69) is 15.4 Å². The van der Waals surface area contributed by atoms with Gasteiger partial charge < -0.3 is 5.32 Å². The summed E-state index contributed by atoms with van der Waals surface area (Å²) in [5.41, 5.74) is 2.07. The zero-order valence-electron chi connectivity index (χ0n) is 9.04. The molecule has 0 fully saturated rings. The number of aromatic nitrogens is 3. The molecular formula is C10H12N4OS. The molecule has 0 aliphatic rings. The third kappa shape index (κ3) is 2.11. The van der Waals surface area contributed by atoms with Crippen molar-refractivity contribution in [2.45, 2.75) is 19.9 Å². The predicted molar refractivity (Wildman–Crippen MR) is 62.7 cm³/mol. The van der Waals surface area contributed by atoms with Gasteiger partial charge in [0.2, 0.25) is 0 Å². The third-order valence-electron chi connectivity index (χ3n) is 2.07. The lowest BCUT2D eigenvalue weighted by Crippen LogP contribution is -2.16. The van der Waals surface area contributed by atoms with Crippen LogP contribution in [0.5, 0.6) is 0 Å². The summed E-state index contributed by atoms with van der Waals surface area (Å²) in [6, 6.07) is 1.98. The number of anilines is 1. The fraction of sp³-hybridized carbons (Fsp3) is 0.300. The Kier molecular flexibility index (Phi) is 3.00. The highest BCUT2D eigenvalue weighted by molar-refractivity contribution is 7.07. The van der Waals surface area contributed by atoms with E-state index >= 15 is 0 Å². The molecule has 0 radical (unpaired) electrons. The molecule has 2 rings (SSSR count). The van der Waals surface area contributed by atoms with E-state index < -0.39 is 0 Å². The largest absolute Gasteiger partial charge is 0.305 e. The fourth-order valence-electron chi connectivity index (χ4n) is 1.33. The maximum atomic E-state index is 11.7. The number of nitrogens with zero attached hydrogens (tertiary/aromatic N) is 3. The molecule has 0 saturated carbocycles. The van der Waals surface area contributed by atoms with Crippen molar-refractivity contribution in [3.05, 3.63) is 28.8 Å². The number of nitrogens with one attached hydrogen (secondary N) is 1. The standard InChI is InChI=1S/C10H12N4OS/c1-7(2)14-9(3-4-12-14)13-10(15)8-5-16-6-11-8/h3-7H,1-2H3,(H,13,15). The van der Waals surface area contributed by atoms with Gasteiger partial charge in [-0.25, -0.2) is 9.67 Å². The molecule has 0 spiro atoms. The van der Waals surface area contributed by atoms with Crippen LogP contribution in [0.15, 0.2) is 23.2 Å². The van der Waals surface area contributed by atoms with Crippen LogP contribution in [0.4, 0.5) is 5.82 Å². The lowest BCUT2D eigenvalue weighted by molar-refractivity contribution is 0.102. The van der Waals surface area contributed by atoms with Crippen molar-refractivity contribution in [3.8, 4) is 0 Å². The van der Waals surface area contributed by atoms with Crippen LogP contribution in [-0.2, 0) is 0 Å². The Balaban J connectivity index is 2.15. The van der Waals surface area contributed by atoms with E-state index in [1.165, 1.54) is 11.3 Å². The highest BCUT2D eigenvalue weighted by Gasteiger charge is 2.12. The summed E-state index contributed by atoms with van der Waals surface area (Å²) in [5.74, 6) is 0.483. The first-order valence-corrected chi connectivity index (χ1v) is 5.86.